The van der Waals surface area contributed by atoms with E-state index in [9.17, 15) is 26.4 Å². The molecule has 5 nitrogen and oxygen atoms in total. The van der Waals surface area contributed by atoms with Gasteiger partial charge in [-0.25, -0.2) is 8.42 Å². The first kappa shape index (κ1) is 26.7. The molecule has 0 bridgehead atoms. The van der Waals surface area contributed by atoms with Crippen LogP contribution in [0.5, 0.6) is 0 Å². The average molecular weight is 485 g/mol. The molecule has 0 heterocycles. The normalized spacial score (nSPS) is 11.9. The van der Waals surface area contributed by atoms with Gasteiger partial charge in [-0.15, -0.1) is 0 Å². The molecule has 0 fully saturated rings. The van der Waals surface area contributed by atoms with E-state index in [1.165, 1.54) is 30.7 Å². The van der Waals surface area contributed by atoms with Crippen molar-refractivity contribution in [2.45, 2.75) is 62.9 Å². The summed E-state index contributed by atoms with van der Waals surface area (Å²) in [5.74, 6) is -0.202. The summed E-state index contributed by atoms with van der Waals surface area (Å²) in [6.45, 7) is 1.92. The van der Waals surface area contributed by atoms with Gasteiger partial charge in [0.1, 0.15) is 0 Å². The van der Waals surface area contributed by atoms with Crippen LogP contribution in [0, 0.1) is 0 Å². The van der Waals surface area contributed by atoms with Crippen LogP contribution in [0.3, 0.4) is 0 Å². The van der Waals surface area contributed by atoms with Crippen LogP contribution < -0.4 is 9.62 Å². The minimum absolute atomic E-state index is 0.0169. The molecule has 2 rings (SSSR count). The second kappa shape index (κ2) is 12.6. The Morgan fingerprint density at radius 1 is 0.939 bits per heavy atom. The highest BCUT2D eigenvalue weighted by atomic mass is 32.2. The van der Waals surface area contributed by atoms with Gasteiger partial charge in [-0.3, -0.25) is 9.10 Å². The van der Waals surface area contributed by atoms with Crippen LogP contribution in [0.2, 0.25) is 0 Å². The van der Waals surface area contributed by atoms with Gasteiger partial charge >= 0.3 is 6.18 Å². The van der Waals surface area contributed by atoms with Gasteiger partial charge in [0.2, 0.25) is 5.91 Å². The lowest BCUT2D eigenvalue weighted by Gasteiger charge is -2.25. The molecule has 0 aromatic heterocycles. The second-order valence-corrected chi connectivity index (χ2v) is 9.67. The van der Waals surface area contributed by atoms with Crippen LogP contribution in [0.25, 0.3) is 0 Å². The molecule has 0 unspecified atom stereocenters. The van der Waals surface area contributed by atoms with E-state index < -0.39 is 21.8 Å². The van der Waals surface area contributed by atoms with E-state index in [0.29, 0.717) is 6.42 Å². The summed E-state index contributed by atoms with van der Waals surface area (Å²) in [5.41, 5.74) is -1.06. The largest absolute Gasteiger partial charge is 0.416 e. The van der Waals surface area contributed by atoms with Gasteiger partial charge in [-0.2, -0.15) is 13.2 Å². The van der Waals surface area contributed by atoms with Gasteiger partial charge < -0.3 is 5.32 Å². The smallest absolute Gasteiger partial charge is 0.354 e. The number of unbranched alkanes of at least 4 members (excludes halogenated alkanes) is 5. The summed E-state index contributed by atoms with van der Waals surface area (Å²) in [4.78, 5) is 12.1. The Balaban J connectivity index is 2.09. The number of hydrogen-bond acceptors (Lipinski definition) is 3. The maximum Gasteiger partial charge on any atom is 0.416 e. The molecule has 0 atom stereocenters. The van der Waals surface area contributed by atoms with Crippen molar-refractivity contribution < 1.29 is 26.4 Å². The monoisotopic (exact) mass is 484 g/mol. The number of carbonyl (C=O) groups is 1. The Kier molecular flexibility index (Phi) is 10.2. The Morgan fingerprint density at radius 2 is 1.61 bits per heavy atom. The number of rotatable bonds is 13. The number of amides is 1. The number of benzene rings is 2. The fourth-order valence-corrected chi connectivity index (χ4v) is 4.87. The van der Waals surface area contributed by atoms with E-state index in [2.05, 4.69) is 12.2 Å². The molecule has 0 spiro atoms. The van der Waals surface area contributed by atoms with Crippen LogP contribution in [-0.4, -0.2) is 27.4 Å². The summed E-state index contributed by atoms with van der Waals surface area (Å²) in [5, 5.41) is 2.69. The summed E-state index contributed by atoms with van der Waals surface area (Å²) in [7, 11) is -4.13. The first-order valence-electron chi connectivity index (χ1n) is 11.2. The van der Waals surface area contributed by atoms with Crippen LogP contribution in [0.4, 0.5) is 18.9 Å². The van der Waals surface area contributed by atoms with E-state index in [-0.39, 0.29) is 29.6 Å². The number of halogens is 3. The van der Waals surface area contributed by atoms with E-state index >= 15 is 0 Å². The first-order chi connectivity index (χ1) is 15.7. The van der Waals surface area contributed by atoms with E-state index in [4.69, 9.17) is 0 Å². The summed E-state index contributed by atoms with van der Waals surface area (Å²) in [6.07, 6.45) is 1.95. The molecule has 182 valence electrons. The fraction of sp³-hybridized carbons (Fsp3) is 0.458. The summed E-state index contributed by atoms with van der Waals surface area (Å²) >= 11 is 0. The Bertz CT molecular complexity index is 980. The number of alkyl halides is 3. The molecule has 2 aromatic carbocycles. The number of nitrogens with one attached hydrogen (secondary N) is 1. The molecule has 1 N–H and O–H groups in total. The molecule has 0 aliphatic carbocycles. The average Bonchev–Trinajstić information content (AvgIpc) is 2.79. The molecular formula is C24H31F3N2O3S. The minimum atomic E-state index is -4.61. The van der Waals surface area contributed by atoms with Crippen molar-refractivity contribution in [3.05, 3.63) is 60.2 Å². The SMILES string of the molecule is CCCCCCCCC(=O)NCCN(c1cccc(C(F)(F)F)c1)S(=O)(=O)c1ccccc1. The van der Waals surface area contributed by atoms with Gasteiger partial charge in [-0.1, -0.05) is 63.3 Å². The zero-order valence-electron chi connectivity index (χ0n) is 18.8. The maximum atomic E-state index is 13.2. The van der Waals surface area contributed by atoms with Crippen molar-refractivity contribution in [1.29, 1.82) is 0 Å². The third-order valence-corrected chi connectivity index (χ3v) is 7.03. The molecule has 0 saturated heterocycles. The highest BCUT2D eigenvalue weighted by Crippen LogP contribution is 2.33. The summed E-state index contributed by atoms with van der Waals surface area (Å²) in [6, 6.07) is 11.7. The quantitative estimate of drug-likeness (QED) is 0.367. The third kappa shape index (κ3) is 8.38. The molecule has 1 amide bonds. The molecule has 0 saturated carbocycles. The zero-order chi connectivity index (χ0) is 24.3. The Hall–Kier alpha value is -2.55. The van der Waals surface area contributed by atoms with Crippen LogP contribution in [0.1, 0.15) is 57.4 Å². The van der Waals surface area contributed by atoms with Crippen molar-refractivity contribution in [2.24, 2.45) is 0 Å². The van der Waals surface area contributed by atoms with Gasteiger partial charge in [0.25, 0.3) is 10.0 Å². The molecular weight excluding hydrogens is 453 g/mol. The van der Waals surface area contributed by atoms with Gasteiger partial charge in [-0.05, 0) is 36.8 Å². The number of sulfonamides is 1. The number of hydrogen-bond donors (Lipinski definition) is 1. The zero-order valence-corrected chi connectivity index (χ0v) is 19.6. The number of nitrogens with zero attached hydrogens (tertiary/aromatic N) is 1. The van der Waals surface area contributed by atoms with Crippen molar-refractivity contribution in [3.8, 4) is 0 Å². The van der Waals surface area contributed by atoms with Gasteiger partial charge in [0, 0.05) is 13.0 Å². The first-order valence-corrected chi connectivity index (χ1v) is 12.6. The molecule has 33 heavy (non-hydrogen) atoms. The van der Waals surface area contributed by atoms with Crippen molar-refractivity contribution in [2.75, 3.05) is 17.4 Å². The Morgan fingerprint density at radius 3 is 2.27 bits per heavy atom. The topological polar surface area (TPSA) is 66.5 Å². The second-order valence-electron chi connectivity index (χ2n) is 7.81. The highest BCUT2D eigenvalue weighted by molar-refractivity contribution is 7.92. The van der Waals surface area contributed by atoms with Crippen molar-refractivity contribution in [1.82, 2.24) is 5.32 Å². The van der Waals surface area contributed by atoms with E-state index in [1.807, 2.05) is 0 Å². The number of carbonyl (C=O) groups excluding carboxylic acids is 1. The maximum absolute atomic E-state index is 13.2. The fourth-order valence-electron chi connectivity index (χ4n) is 3.40. The standard InChI is InChI=1S/C24H31F3N2O3S/c1-2-3-4-5-6-10-16-23(30)28-17-18-29(33(31,32)22-14-8-7-9-15-22)21-13-11-12-20(19-21)24(25,26)27/h7-9,11-15,19H,2-6,10,16-18H2,1H3,(H,28,30). The van der Waals surface area contributed by atoms with Crippen molar-refractivity contribution in [3.63, 3.8) is 0 Å². The minimum Gasteiger partial charge on any atom is -0.354 e. The summed E-state index contributed by atoms with van der Waals surface area (Å²) < 4.78 is 66.9. The molecule has 2 aromatic rings. The van der Waals surface area contributed by atoms with Gasteiger partial charge in [0.15, 0.2) is 0 Å². The van der Waals surface area contributed by atoms with Crippen molar-refractivity contribution >= 4 is 21.6 Å². The van der Waals surface area contributed by atoms with Crippen LogP contribution >= 0.6 is 0 Å². The molecule has 9 heteroatoms. The Labute approximate surface area is 194 Å². The molecule has 0 aliphatic heterocycles. The van der Waals surface area contributed by atoms with E-state index in [1.54, 1.807) is 18.2 Å². The van der Waals surface area contributed by atoms with Crippen LogP contribution in [0.15, 0.2) is 59.5 Å². The van der Waals surface area contributed by atoms with Gasteiger partial charge in [0.05, 0.1) is 22.7 Å². The lowest BCUT2D eigenvalue weighted by molar-refractivity contribution is -0.137. The molecule has 0 aliphatic rings. The predicted molar refractivity (Wildman–Crippen MR) is 123 cm³/mol. The third-order valence-electron chi connectivity index (χ3n) is 5.19. The lowest BCUT2D eigenvalue weighted by Crippen LogP contribution is -2.38. The lowest BCUT2D eigenvalue weighted by atomic mass is 10.1. The predicted octanol–water partition coefficient (Wildman–Crippen LogP) is 5.77. The van der Waals surface area contributed by atoms with Crippen LogP contribution in [-0.2, 0) is 21.0 Å². The number of anilines is 1. The highest BCUT2D eigenvalue weighted by Gasteiger charge is 2.32. The molecule has 0 radical (unpaired) electrons. The van der Waals surface area contributed by atoms with E-state index in [0.717, 1.165) is 48.5 Å².